The van der Waals surface area contributed by atoms with Gasteiger partial charge in [-0.25, -0.2) is 0 Å². The third-order valence-corrected chi connectivity index (χ3v) is 5.28. The number of amides is 1. The van der Waals surface area contributed by atoms with Gasteiger partial charge in [-0.3, -0.25) is 14.8 Å². The van der Waals surface area contributed by atoms with Gasteiger partial charge in [0.05, 0.1) is 0 Å². The molecule has 0 spiro atoms. The molecule has 1 aliphatic heterocycles. The third-order valence-electron chi connectivity index (χ3n) is 5.28. The van der Waals surface area contributed by atoms with Gasteiger partial charge in [-0.15, -0.1) is 0 Å². The Hall–Kier alpha value is -1.36. The maximum absolute atomic E-state index is 12.5. The number of aromatic nitrogens is 2. The van der Waals surface area contributed by atoms with Crippen molar-refractivity contribution in [1.82, 2.24) is 20.0 Å². The summed E-state index contributed by atoms with van der Waals surface area (Å²) in [5.74, 6) is 0.725. The molecule has 0 aromatic carbocycles. The maximum atomic E-state index is 12.5. The van der Waals surface area contributed by atoms with Crippen molar-refractivity contribution in [2.24, 2.45) is 0 Å². The number of nitrogens with zero attached hydrogens (tertiary/aromatic N) is 3. The molecule has 0 bridgehead atoms. The Labute approximate surface area is 125 Å². The van der Waals surface area contributed by atoms with Crippen LogP contribution in [0.1, 0.15) is 60.6 Å². The van der Waals surface area contributed by atoms with Gasteiger partial charge in [0.25, 0.3) is 5.91 Å². The number of hydrogen-bond acceptors (Lipinski definition) is 3. The van der Waals surface area contributed by atoms with Crippen molar-refractivity contribution >= 4 is 5.91 Å². The second-order valence-corrected chi connectivity index (χ2v) is 6.75. The van der Waals surface area contributed by atoms with Gasteiger partial charge in [-0.1, -0.05) is 12.8 Å². The highest BCUT2D eigenvalue weighted by Gasteiger charge is 2.30. The number of carbonyl (C=O) groups is 1. The summed E-state index contributed by atoms with van der Waals surface area (Å²) in [4.78, 5) is 17.1. The predicted molar refractivity (Wildman–Crippen MR) is 80.3 cm³/mol. The highest BCUT2D eigenvalue weighted by Crippen LogP contribution is 2.39. The predicted octanol–water partition coefficient (Wildman–Crippen LogP) is 1.99. The van der Waals surface area contributed by atoms with Crippen LogP contribution in [0.4, 0.5) is 0 Å². The molecule has 1 aromatic rings. The van der Waals surface area contributed by atoms with Crippen LogP contribution in [0.25, 0.3) is 0 Å². The molecule has 2 saturated carbocycles. The summed E-state index contributed by atoms with van der Waals surface area (Å²) in [7, 11) is 0. The summed E-state index contributed by atoms with van der Waals surface area (Å²) in [5, 5.41) is 7.25. The molecule has 1 amide bonds. The molecule has 0 radical (unpaired) electrons. The van der Waals surface area contributed by atoms with E-state index < -0.39 is 0 Å². The molecule has 21 heavy (non-hydrogen) atoms. The first-order valence-electron chi connectivity index (χ1n) is 8.40. The molecule has 3 fully saturated rings. The molecular formula is C16H24N4O. The van der Waals surface area contributed by atoms with Gasteiger partial charge >= 0.3 is 0 Å². The largest absolute Gasteiger partial charge is 0.335 e. The van der Waals surface area contributed by atoms with Crippen LogP contribution in [-0.4, -0.2) is 58.1 Å². The summed E-state index contributed by atoms with van der Waals surface area (Å²) in [6.07, 6.45) is 7.91. The average molecular weight is 288 g/mol. The molecule has 5 heteroatoms. The fraction of sp³-hybridized carbons (Fsp3) is 0.750. The lowest BCUT2D eigenvalue weighted by molar-refractivity contribution is 0.0568. The van der Waals surface area contributed by atoms with E-state index in [0.29, 0.717) is 11.6 Å². The van der Waals surface area contributed by atoms with E-state index in [1.54, 1.807) is 0 Å². The van der Waals surface area contributed by atoms with E-state index in [0.717, 1.165) is 37.9 Å². The fourth-order valence-electron chi connectivity index (χ4n) is 3.77. The highest BCUT2D eigenvalue weighted by molar-refractivity contribution is 5.92. The second-order valence-electron chi connectivity index (χ2n) is 6.75. The van der Waals surface area contributed by atoms with E-state index in [1.807, 2.05) is 11.0 Å². The molecule has 3 aliphatic rings. The number of carbonyl (C=O) groups excluding carboxylic acids is 1. The van der Waals surface area contributed by atoms with Crippen LogP contribution in [0.3, 0.4) is 0 Å². The topological polar surface area (TPSA) is 52.2 Å². The number of nitrogens with one attached hydrogen (secondary N) is 1. The molecule has 2 heterocycles. The SMILES string of the molecule is O=C(c1cc(C2CC2)[nH]n1)N1CCN(C2CCCC2)CC1. The van der Waals surface area contributed by atoms with Gasteiger partial charge in [-0.2, -0.15) is 5.10 Å². The zero-order valence-corrected chi connectivity index (χ0v) is 12.6. The van der Waals surface area contributed by atoms with Gasteiger partial charge < -0.3 is 4.90 Å². The summed E-state index contributed by atoms with van der Waals surface area (Å²) in [5.41, 5.74) is 1.74. The molecule has 4 rings (SSSR count). The van der Waals surface area contributed by atoms with Crippen molar-refractivity contribution in [3.63, 3.8) is 0 Å². The van der Waals surface area contributed by atoms with Crippen LogP contribution in [-0.2, 0) is 0 Å². The van der Waals surface area contributed by atoms with Crippen LogP contribution in [0.15, 0.2) is 6.07 Å². The van der Waals surface area contributed by atoms with Crippen molar-refractivity contribution in [1.29, 1.82) is 0 Å². The van der Waals surface area contributed by atoms with Crippen LogP contribution in [0.2, 0.25) is 0 Å². The monoisotopic (exact) mass is 288 g/mol. The molecule has 5 nitrogen and oxygen atoms in total. The Bertz CT molecular complexity index is 508. The van der Waals surface area contributed by atoms with E-state index in [-0.39, 0.29) is 5.91 Å². The zero-order valence-electron chi connectivity index (χ0n) is 12.6. The van der Waals surface area contributed by atoms with Crippen LogP contribution in [0, 0.1) is 0 Å². The van der Waals surface area contributed by atoms with Gasteiger partial charge in [0.15, 0.2) is 0 Å². The summed E-state index contributed by atoms with van der Waals surface area (Å²) in [6.45, 7) is 3.74. The summed E-state index contributed by atoms with van der Waals surface area (Å²) in [6, 6.07) is 2.73. The number of aromatic amines is 1. The van der Waals surface area contributed by atoms with Crippen molar-refractivity contribution < 1.29 is 4.79 Å². The number of H-pyrrole nitrogens is 1. The number of hydrogen-bond donors (Lipinski definition) is 1. The standard InChI is InChI=1S/C16H24N4O/c21-16(15-11-14(17-18-15)12-5-6-12)20-9-7-19(8-10-20)13-3-1-2-4-13/h11-13H,1-10H2,(H,17,18). The Morgan fingerprint density at radius 1 is 1.10 bits per heavy atom. The lowest BCUT2D eigenvalue weighted by atomic mass is 10.1. The summed E-state index contributed by atoms with van der Waals surface area (Å²) < 4.78 is 0. The van der Waals surface area contributed by atoms with Crippen molar-refractivity contribution in [2.45, 2.75) is 50.5 Å². The van der Waals surface area contributed by atoms with E-state index in [2.05, 4.69) is 15.1 Å². The highest BCUT2D eigenvalue weighted by atomic mass is 16.2. The molecule has 1 saturated heterocycles. The summed E-state index contributed by atoms with van der Waals surface area (Å²) >= 11 is 0. The lowest BCUT2D eigenvalue weighted by Gasteiger charge is -2.37. The minimum atomic E-state index is 0.101. The van der Waals surface area contributed by atoms with Gasteiger partial charge in [0, 0.05) is 43.8 Å². The maximum Gasteiger partial charge on any atom is 0.274 e. The Morgan fingerprint density at radius 3 is 2.48 bits per heavy atom. The molecule has 114 valence electrons. The second kappa shape index (κ2) is 5.44. The normalized spacial score (nSPS) is 24.7. The van der Waals surface area contributed by atoms with Gasteiger partial charge in [-0.05, 0) is 31.7 Å². The van der Waals surface area contributed by atoms with Crippen LogP contribution in [0.5, 0.6) is 0 Å². The minimum absolute atomic E-state index is 0.101. The third kappa shape index (κ3) is 2.71. The first-order chi connectivity index (χ1) is 10.3. The molecular weight excluding hydrogens is 264 g/mol. The number of rotatable bonds is 3. The van der Waals surface area contributed by atoms with Gasteiger partial charge in [0.2, 0.25) is 0 Å². The Morgan fingerprint density at radius 2 is 1.81 bits per heavy atom. The Balaban J connectivity index is 1.35. The zero-order chi connectivity index (χ0) is 14.2. The van der Waals surface area contributed by atoms with Crippen LogP contribution < -0.4 is 0 Å². The quantitative estimate of drug-likeness (QED) is 0.925. The van der Waals surface area contributed by atoms with E-state index in [4.69, 9.17) is 0 Å². The first-order valence-corrected chi connectivity index (χ1v) is 8.40. The molecule has 1 aromatic heterocycles. The average Bonchev–Trinajstić information content (AvgIpc) is 3.05. The molecule has 2 aliphatic carbocycles. The van der Waals surface area contributed by atoms with Crippen molar-refractivity contribution in [3.05, 3.63) is 17.5 Å². The molecule has 1 N–H and O–H groups in total. The first kappa shape index (κ1) is 13.3. The van der Waals surface area contributed by atoms with E-state index in [9.17, 15) is 4.79 Å². The van der Waals surface area contributed by atoms with E-state index >= 15 is 0 Å². The lowest BCUT2D eigenvalue weighted by Crippen LogP contribution is -2.51. The van der Waals surface area contributed by atoms with Crippen LogP contribution >= 0.6 is 0 Å². The van der Waals surface area contributed by atoms with Crippen molar-refractivity contribution in [2.75, 3.05) is 26.2 Å². The number of piperazine rings is 1. The van der Waals surface area contributed by atoms with Crippen molar-refractivity contribution in [3.8, 4) is 0 Å². The van der Waals surface area contributed by atoms with E-state index in [1.165, 1.54) is 38.5 Å². The fourth-order valence-corrected chi connectivity index (χ4v) is 3.77. The molecule has 0 atom stereocenters. The smallest absolute Gasteiger partial charge is 0.274 e. The Kier molecular flexibility index (Phi) is 3.45. The minimum Gasteiger partial charge on any atom is -0.335 e. The van der Waals surface area contributed by atoms with Gasteiger partial charge in [0.1, 0.15) is 5.69 Å². The molecule has 0 unspecified atom stereocenters.